The highest BCUT2D eigenvalue weighted by Crippen LogP contribution is 2.19. The predicted molar refractivity (Wildman–Crippen MR) is 41.8 cm³/mol. The van der Waals surface area contributed by atoms with Gasteiger partial charge < -0.3 is 4.42 Å². The first-order valence-electron chi connectivity index (χ1n) is 3.63. The Morgan fingerprint density at radius 1 is 1.60 bits per heavy atom. The normalized spacial score (nSPS) is 13.4. The minimum Gasteiger partial charge on any atom is -0.462 e. The highest BCUT2D eigenvalue weighted by molar-refractivity contribution is 5.10. The molecular formula is C9H13O+. The van der Waals surface area contributed by atoms with Crippen LogP contribution in [-0.2, 0) is 0 Å². The van der Waals surface area contributed by atoms with Crippen molar-refractivity contribution in [1.82, 2.24) is 0 Å². The molecule has 0 saturated heterocycles. The molecule has 0 bridgehead atoms. The largest absolute Gasteiger partial charge is 0.462 e. The van der Waals surface area contributed by atoms with E-state index in [9.17, 15) is 0 Å². The maximum Gasteiger partial charge on any atom is 0.152 e. The monoisotopic (exact) mass is 137 g/mol. The molecule has 1 rings (SSSR count). The summed E-state index contributed by atoms with van der Waals surface area (Å²) in [5.41, 5.74) is 0. The van der Waals surface area contributed by atoms with Gasteiger partial charge in [-0.2, -0.15) is 0 Å². The highest BCUT2D eigenvalue weighted by Gasteiger charge is 2.12. The Morgan fingerprint density at radius 2 is 2.30 bits per heavy atom. The topological polar surface area (TPSA) is 13.1 Å². The molecule has 0 amide bonds. The molecule has 0 saturated carbocycles. The quantitative estimate of drug-likeness (QED) is 0.571. The van der Waals surface area contributed by atoms with Gasteiger partial charge in [-0.15, -0.1) is 0 Å². The lowest BCUT2D eigenvalue weighted by atomic mass is 10.1. The van der Waals surface area contributed by atoms with E-state index in [0.717, 1.165) is 17.9 Å². The third kappa shape index (κ3) is 1.35. The van der Waals surface area contributed by atoms with Crippen molar-refractivity contribution in [1.29, 1.82) is 0 Å². The average molecular weight is 137 g/mol. The van der Waals surface area contributed by atoms with E-state index < -0.39 is 0 Å². The molecule has 1 nitrogen and oxygen atoms in total. The van der Waals surface area contributed by atoms with Crippen LogP contribution in [0.4, 0.5) is 0 Å². The average Bonchev–Trinajstić information content (AvgIpc) is 2.34. The second-order valence-corrected chi connectivity index (χ2v) is 2.55. The van der Waals surface area contributed by atoms with Crippen LogP contribution in [-0.4, -0.2) is 0 Å². The lowest BCUT2D eigenvalue weighted by molar-refractivity contribution is 0.461. The summed E-state index contributed by atoms with van der Waals surface area (Å²) in [5.74, 6) is 2.28. The molecule has 0 aliphatic heterocycles. The summed E-state index contributed by atoms with van der Waals surface area (Å²) in [5, 5.41) is 0. The van der Waals surface area contributed by atoms with Crippen LogP contribution in [0.5, 0.6) is 0 Å². The molecule has 54 valence electrons. The van der Waals surface area contributed by atoms with Crippen LogP contribution >= 0.6 is 0 Å². The van der Waals surface area contributed by atoms with E-state index in [2.05, 4.69) is 13.8 Å². The van der Waals surface area contributed by atoms with Gasteiger partial charge in [-0.25, -0.2) is 0 Å². The zero-order valence-electron chi connectivity index (χ0n) is 6.55. The summed E-state index contributed by atoms with van der Waals surface area (Å²) in [6.45, 7) is 8.00. The summed E-state index contributed by atoms with van der Waals surface area (Å²) in [6.07, 6.45) is 1.03. The van der Waals surface area contributed by atoms with Gasteiger partial charge in [-0.05, 0) is 25.5 Å². The maximum atomic E-state index is 5.37. The van der Waals surface area contributed by atoms with Crippen molar-refractivity contribution in [3.8, 4) is 0 Å². The molecular weight excluding hydrogens is 124 g/mol. The molecule has 0 aliphatic rings. The first-order valence-corrected chi connectivity index (χ1v) is 3.63. The molecule has 0 spiro atoms. The van der Waals surface area contributed by atoms with Gasteiger partial charge in [0, 0.05) is 0 Å². The fourth-order valence-corrected chi connectivity index (χ4v) is 0.874. The maximum absolute atomic E-state index is 5.37. The van der Waals surface area contributed by atoms with Crippen LogP contribution in [0.3, 0.4) is 0 Å². The molecule has 1 heterocycles. The smallest absolute Gasteiger partial charge is 0.152 e. The van der Waals surface area contributed by atoms with E-state index in [1.807, 2.05) is 19.1 Å². The molecule has 0 radical (unpaired) electrons. The van der Waals surface area contributed by atoms with Crippen LogP contribution in [0.1, 0.15) is 30.8 Å². The highest BCUT2D eigenvalue weighted by atomic mass is 16.3. The van der Waals surface area contributed by atoms with Gasteiger partial charge in [-0.1, -0.05) is 6.92 Å². The lowest BCUT2D eigenvalue weighted by Gasteiger charge is -1.95. The third-order valence-corrected chi connectivity index (χ3v) is 1.66. The molecule has 0 fully saturated rings. The fraction of sp³-hybridized carbons (Fsp3) is 0.444. The van der Waals surface area contributed by atoms with Gasteiger partial charge in [0.15, 0.2) is 11.7 Å². The molecule has 1 aromatic rings. The Bertz CT molecular complexity index is 200. The lowest BCUT2D eigenvalue weighted by Crippen LogP contribution is -1.86. The number of hydrogen-bond acceptors (Lipinski definition) is 1. The van der Waals surface area contributed by atoms with Crippen molar-refractivity contribution in [2.75, 3.05) is 0 Å². The second-order valence-electron chi connectivity index (χ2n) is 2.55. The van der Waals surface area contributed by atoms with Gasteiger partial charge in [0.05, 0.1) is 6.92 Å². The van der Waals surface area contributed by atoms with Gasteiger partial charge >= 0.3 is 0 Å². The summed E-state index contributed by atoms with van der Waals surface area (Å²) in [6, 6.07) is 3.97. The minimum atomic E-state index is 0.314. The summed E-state index contributed by atoms with van der Waals surface area (Å²) in [4.78, 5) is 0. The van der Waals surface area contributed by atoms with E-state index in [0.29, 0.717) is 5.92 Å². The summed E-state index contributed by atoms with van der Waals surface area (Å²) in [7, 11) is 0. The Labute approximate surface area is 62.1 Å². The van der Waals surface area contributed by atoms with Gasteiger partial charge in [0.25, 0.3) is 0 Å². The third-order valence-electron chi connectivity index (χ3n) is 1.66. The number of furan rings is 1. The van der Waals surface area contributed by atoms with Crippen LogP contribution in [0.25, 0.3) is 0 Å². The number of aryl methyl sites for hydroxylation is 1. The number of rotatable bonds is 2. The molecule has 0 aromatic carbocycles. The zero-order chi connectivity index (χ0) is 7.56. The van der Waals surface area contributed by atoms with Crippen molar-refractivity contribution in [3.63, 3.8) is 0 Å². The molecule has 10 heavy (non-hydrogen) atoms. The van der Waals surface area contributed by atoms with Crippen molar-refractivity contribution in [3.05, 3.63) is 30.6 Å². The van der Waals surface area contributed by atoms with Gasteiger partial charge in [0.1, 0.15) is 5.76 Å². The molecule has 0 unspecified atom stereocenters. The standard InChI is InChI=1S/C9H13O/c1-4-7(2)9-6-5-8(3)10-9/h5-7H,2,4H2,1,3H3/q+1/t7-/m1/s1. The van der Waals surface area contributed by atoms with Gasteiger partial charge in [-0.3, -0.25) is 0 Å². The SMILES string of the molecule is [CH2+][C@H](CC)c1ccc(C)o1. The Balaban J connectivity index is 2.74. The molecule has 0 N–H and O–H groups in total. The first-order chi connectivity index (χ1) is 4.74. The summed E-state index contributed by atoms with van der Waals surface area (Å²) < 4.78 is 5.37. The van der Waals surface area contributed by atoms with E-state index in [4.69, 9.17) is 4.42 Å². The molecule has 1 aromatic heterocycles. The molecule has 1 heteroatoms. The first kappa shape index (κ1) is 7.26. The number of hydrogen-bond donors (Lipinski definition) is 0. The van der Waals surface area contributed by atoms with Crippen LogP contribution in [0.2, 0.25) is 0 Å². The van der Waals surface area contributed by atoms with E-state index in [-0.39, 0.29) is 0 Å². The van der Waals surface area contributed by atoms with Crippen molar-refractivity contribution in [2.24, 2.45) is 0 Å². The van der Waals surface area contributed by atoms with Crippen molar-refractivity contribution >= 4 is 0 Å². The predicted octanol–water partition coefficient (Wildman–Crippen LogP) is 2.92. The molecule has 0 aliphatic carbocycles. The van der Waals surface area contributed by atoms with Crippen LogP contribution < -0.4 is 0 Å². The summed E-state index contributed by atoms with van der Waals surface area (Å²) >= 11 is 0. The minimum absolute atomic E-state index is 0.314. The van der Waals surface area contributed by atoms with E-state index >= 15 is 0 Å². The Hall–Kier alpha value is -0.850. The fourth-order valence-electron chi connectivity index (χ4n) is 0.874. The Kier molecular flexibility index (Phi) is 2.05. The van der Waals surface area contributed by atoms with E-state index in [1.54, 1.807) is 0 Å². The second kappa shape index (κ2) is 2.82. The van der Waals surface area contributed by atoms with Gasteiger partial charge in [0.2, 0.25) is 0 Å². The van der Waals surface area contributed by atoms with Crippen LogP contribution in [0.15, 0.2) is 16.5 Å². The Morgan fingerprint density at radius 3 is 2.70 bits per heavy atom. The van der Waals surface area contributed by atoms with E-state index in [1.165, 1.54) is 0 Å². The van der Waals surface area contributed by atoms with Crippen molar-refractivity contribution < 1.29 is 4.42 Å². The molecule has 1 atom stereocenters. The zero-order valence-corrected chi connectivity index (χ0v) is 6.55. The van der Waals surface area contributed by atoms with Crippen LogP contribution in [0, 0.1) is 13.8 Å². The van der Waals surface area contributed by atoms with Crippen molar-refractivity contribution in [2.45, 2.75) is 26.2 Å².